The van der Waals surface area contributed by atoms with Crippen molar-refractivity contribution in [2.24, 2.45) is 0 Å². The molecule has 0 saturated carbocycles. The van der Waals surface area contributed by atoms with Gasteiger partial charge in [-0.1, -0.05) is 40.9 Å². The number of carbonyl (C=O) groups is 2. The number of methoxy groups -OCH3 is 1. The fourth-order valence-corrected chi connectivity index (χ4v) is 3.84. The number of nitrogens with one attached hydrogen (secondary N) is 1. The highest BCUT2D eigenvalue weighted by atomic mass is 35.5. The quantitative estimate of drug-likeness (QED) is 0.799. The molecule has 1 fully saturated rings. The number of carbonyl (C=O) groups excluding carboxylic acids is 2. The first kappa shape index (κ1) is 20.5. The zero-order chi connectivity index (χ0) is 20.3. The summed E-state index contributed by atoms with van der Waals surface area (Å²) in [5.41, 5.74) is 1.97. The van der Waals surface area contributed by atoms with E-state index in [9.17, 15) is 9.59 Å². The van der Waals surface area contributed by atoms with Crippen LogP contribution in [0, 0.1) is 6.92 Å². The Labute approximate surface area is 174 Å². The van der Waals surface area contributed by atoms with E-state index in [1.165, 1.54) is 7.11 Å². The predicted octanol–water partition coefficient (Wildman–Crippen LogP) is 4.35. The molecule has 148 valence electrons. The number of hydrogen-bond donors (Lipinski definition) is 1. The van der Waals surface area contributed by atoms with Gasteiger partial charge in [-0.15, -0.1) is 0 Å². The molecule has 2 aromatic carbocycles. The summed E-state index contributed by atoms with van der Waals surface area (Å²) in [5.74, 6) is -0.0186. The van der Waals surface area contributed by atoms with Crippen LogP contribution < -0.4 is 10.1 Å². The van der Waals surface area contributed by atoms with Gasteiger partial charge in [0.1, 0.15) is 5.56 Å². The smallest absolute Gasteiger partial charge is 0.259 e. The Morgan fingerprint density at radius 3 is 2.43 bits per heavy atom. The maximum absolute atomic E-state index is 13.0. The van der Waals surface area contributed by atoms with E-state index in [0.29, 0.717) is 41.5 Å². The third-order valence-corrected chi connectivity index (χ3v) is 5.49. The van der Waals surface area contributed by atoms with Crippen LogP contribution in [-0.4, -0.2) is 43.0 Å². The summed E-state index contributed by atoms with van der Waals surface area (Å²) in [7, 11) is 1.46. The minimum absolute atomic E-state index is 0.0220. The van der Waals surface area contributed by atoms with Gasteiger partial charge in [0, 0.05) is 24.7 Å². The molecule has 1 N–H and O–H groups in total. The molecular weight excluding hydrogens is 399 g/mol. The van der Waals surface area contributed by atoms with E-state index in [-0.39, 0.29) is 29.2 Å². The highest BCUT2D eigenvalue weighted by Gasteiger charge is 2.28. The Kier molecular flexibility index (Phi) is 6.47. The highest BCUT2D eigenvalue weighted by Crippen LogP contribution is 2.35. The second kappa shape index (κ2) is 8.84. The minimum atomic E-state index is -0.215. The fourth-order valence-electron chi connectivity index (χ4n) is 3.37. The first-order valence-corrected chi connectivity index (χ1v) is 9.85. The summed E-state index contributed by atoms with van der Waals surface area (Å²) >= 11 is 12.4. The average Bonchev–Trinajstić information content (AvgIpc) is 2.69. The van der Waals surface area contributed by atoms with Crippen LogP contribution in [0.3, 0.4) is 0 Å². The van der Waals surface area contributed by atoms with E-state index < -0.39 is 0 Å². The van der Waals surface area contributed by atoms with Gasteiger partial charge < -0.3 is 15.0 Å². The van der Waals surface area contributed by atoms with Crippen molar-refractivity contribution in [1.82, 2.24) is 10.2 Å². The molecule has 0 unspecified atom stereocenters. The lowest BCUT2D eigenvalue weighted by Crippen LogP contribution is -2.46. The van der Waals surface area contributed by atoms with Crippen molar-refractivity contribution in [1.29, 1.82) is 0 Å². The maximum atomic E-state index is 13.0. The Morgan fingerprint density at radius 1 is 1.11 bits per heavy atom. The summed E-state index contributed by atoms with van der Waals surface area (Å²) in [6.07, 6.45) is 1.34. The van der Waals surface area contributed by atoms with Gasteiger partial charge in [-0.3, -0.25) is 9.59 Å². The normalized spacial score (nSPS) is 14.6. The van der Waals surface area contributed by atoms with Crippen LogP contribution >= 0.6 is 23.2 Å². The summed E-state index contributed by atoms with van der Waals surface area (Å²) < 4.78 is 5.28. The molecule has 0 aromatic heterocycles. The summed E-state index contributed by atoms with van der Waals surface area (Å²) in [5, 5.41) is 3.71. The van der Waals surface area contributed by atoms with Gasteiger partial charge in [0.25, 0.3) is 11.8 Å². The number of piperidine rings is 1. The van der Waals surface area contributed by atoms with E-state index in [2.05, 4.69) is 5.32 Å². The van der Waals surface area contributed by atoms with Crippen molar-refractivity contribution in [2.75, 3.05) is 20.2 Å². The lowest BCUT2D eigenvalue weighted by atomic mass is 10.0. The van der Waals surface area contributed by atoms with Crippen molar-refractivity contribution in [3.8, 4) is 5.75 Å². The molecule has 3 rings (SSSR count). The van der Waals surface area contributed by atoms with Crippen molar-refractivity contribution < 1.29 is 14.3 Å². The molecule has 5 nitrogen and oxygen atoms in total. The number of aryl methyl sites for hydroxylation is 1. The first-order valence-electron chi connectivity index (χ1n) is 9.09. The molecule has 0 aliphatic carbocycles. The Hall–Kier alpha value is -2.24. The highest BCUT2D eigenvalue weighted by molar-refractivity contribution is 6.37. The number of rotatable bonds is 4. The van der Waals surface area contributed by atoms with Gasteiger partial charge in [-0.05, 0) is 44.0 Å². The molecule has 1 saturated heterocycles. The van der Waals surface area contributed by atoms with Crippen LogP contribution in [0.25, 0.3) is 0 Å². The molecule has 28 heavy (non-hydrogen) atoms. The molecule has 1 aliphatic heterocycles. The number of benzene rings is 2. The molecule has 2 amide bonds. The number of hydrogen-bond acceptors (Lipinski definition) is 3. The molecule has 0 spiro atoms. The lowest BCUT2D eigenvalue weighted by molar-refractivity contribution is 0.0695. The van der Waals surface area contributed by atoms with Gasteiger partial charge in [0.05, 0.1) is 17.2 Å². The van der Waals surface area contributed by atoms with Crippen LogP contribution in [0.15, 0.2) is 36.4 Å². The van der Waals surface area contributed by atoms with Gasteiger partial charge in [0.2, 0.25) is 0 Å². The predicted molar refractivity (Wildman–Crippen MR) is 111 cm³/mol. The zero-order valence-corrected chi connectivity index (χ0v) is 17.3. The molecule has 0 atom stereocenters. The molecule has 0 radical (unpaired) electrons. The molecule has 7 heteroatoms. The number of nitrogens with zero attached hydrogens (tertiary/aromatic N) is 1. The zero-order valence-electron chi connectivity index (χ0n) is 15.8. The first-order chi connectivity index (χ1) is 13.4. The molecule has 1 heterocycles. The Morgan fingerprint density at radius 2 is 1.79 bits per heavy atom. The van der Waals surface area contributed by atoms with Crippen molar-refractivity contribution in [2.45, 2.75) is 25.8 Å². The van der Waals surface area contributed by atoms with Crippen molar-refractivity contribution >= 4 is 35.0 Å². The Balaban J connectivity index is 1.64. The number of ether oxygens (including phenoxy) is 1. The van der Waals surface area contributed by atoms with Crippen LogP contribution in [-0.2, 0) is 0 Å². The Bertz CT molecular complexity index is 893. The minimum Gasteiger partial charge on any atom is -0.494 e. The number of likely N-dealkylation sites (tertiary alicyclic amines) is 1. The van der Waals surface area contributed by atoms with E-state index in [0.717, 1.165) is 5.56 Å². The van der Waals surface area contributed by atoms with Crippen LogP contribution in [0.2, 0.25) is 10.0 Å². The third-order valence-electron chi connectivity index (χ3n) is 4.87. The SMILES string of the molecule is COc1c(Cl)ccc(Cl)c1C(=O)N1CCC(NC(=O)c2cccc(C)c2)CC1. The summed E-state index contributed by atoms with van der Waals surface area (Å²) in [6.45, 7) is 2.99. The standard InChI is InChI=1S/C21H22Cl2N2O3/c1-13-4-3-5-14(12-13)20(26)24-15-8-10-25(11-9-15)21(27)18-16(22)6-7-17(23)19(18)28-2/h3-7,12,15H,8-11H2,1-2H3,(H,24,26). The summed E-state index contributed by atoms with van der Waals surface area (Å²) in [6, 6.07) is 10.7. The van der Waals surface area contributed by atoms with Crippen LogP contribution in [0.5, 0.6) is 5.75 Å². The molecule has 0 bridgehead atoms. The average molecular weight is 421 g/mol. The van der Waals surface area contributed by atoms with E-state index >= 15 is 0 Å². The maximum Gasteiger partial charge on any atom is 0.259 e. The van der Waals surface area contributed by atoms with Gasteiger partial charge in [-0.2, -0.15) is 0 Å². The van der Waals surface area contributed by atoms with Crippen molar-refractivity contribution in [3.05, 3.63) is 63.1 Å². The van der Waals surface area contributed by atoms with Crippen molar-refractivity contribution in [3.63, 3.8) is 0 Å². The third kappa shape index (κ3) is 4.42. The van der Waals surface area contributed by atoms with E-state index in [1.54, 1.807) is 23.1 Å². The summed E-state index contributed by atoms with van der Waals surface area (Å²) in [4.78, 5) is 27.1. The van der Waals surface area contributed by atoms with Gasteiger partial charge >= 0.3 is 0 Å². The second-order valence-corrected chi connectivity index (χ2v) is 7.66. The van der Waals surface area contributed by atoms with Gasteiger partial charge in [-0.25, -0.2) is 0 Å². The molecule has 1 aliphatic rings. The van der Waals surface area contributed by atoms with Gasteiger partial charge in [0.15, 0.2) is 5.75 Å². The topological polar surface area (TPSA) is 58.6 Å². The van der Waals surface area contributed by atoms with Crippen LogP contribution in [0.4, 0.5) is 0 Å². The van der Waals surface area contributed by atoms with E-state index in [1.807, 2.05) is 25.1 Å². The van der Waals surface area contributed by atoms with Crippen LogP contribution in [0.1, 0.15) is 39.1 Å². The number of halogens is 2. The second-order valence-electron chi connectivity index (χ2n) is 6.85. The monoisotopic (exact) mass is 420 g/mol. The largest absolute Gasteiger partial charge is 0.494 e. The molecular formula is C21H22Cl2N2O3. The molecule has 2 aromatic rings. The lowest BCUT2D eigenvalue weighted by Gasteiger charge is -2.33. The number of amides is 2. The van der Waals surface area contributed by atoms with E-state index in [4.69, 9.17) is 27.9 Å². The fraction of sp³-hybridized carbons (Fsp3) is 0.333.